The first-order chi connectivity index (χ1) is 17.9. The number of rotatable bonds is 6. The van der Waals surface area contributed by atoms with Crippen LogP contribution < -0.4 is 4.74 Å². The van der Waals surface area contributed by atoms with Crippen LogP contribution in [-0.4, -0.2) is 80.6 Å². The first kappa shape index (κ1) is 25.4. The zero-order valence-electron chi connectivity index (χ0n) is 20.5. The second-order valence-corrected chi connectivity index (χ2v) is 10.6. The van der Waals surface area contributed by atoms with Gasteiger partial charge in [-0.05, 0) is 48.9 Å². The molecule has 2 fully saturated rings. The number of hydrogen-bond donors (Lipinski definition) is 0. The molecule has 11 heteroatoms. The molecular weight excluding hydrogens is 512 g/mol. The van der Waals surface area contributed by atoms with Gasteiger partial charge in [-0.25, -0.2) is 15.0 Å². The summed E-state index contributed by atoms with van der Waals surface area (Å²) >= 11 is 7.39. The number of methoxy groups -OCH3 is 1. The fourth-order valence-corrected chi connectivity index (χ4v) is 5.84. The number of nitrogens with zero attached hydrogens (tertiary/aromatic N) is 6. The van der Waals surface area contributed by atoms with Gasteiger partial charge in [0.25, 0.3) is 5.91 Å². The molecule has 2 aliphatic heterocycles. The molecule has 0 unspecified atom stereocenters. The van der Waals surface area contributed by atoms with E-state index in [0.29, 0.717) is 29.7 Å². The normalized spacial score (nSPS) is 16.7. The molecule has 0 atom stereocenters. The zero-order chi connectivity index (χ0) is 25.8. The van der Waals surface area contributed by atoms with Crippen molar-refractivity contribution in [3.8, 4) is 17.3 Å². The van der Waals surface area contributed by atoms with Crippen LogP contribution in [0, 0.1) is 5.41 Å². The molecule has 37 heavy (non-hydrogen) atoms. The van der Waals surface area contributed by atoms with E-state index in [1.165, 1.54) is 18.9 Å². The summed E-state index contributed by atoms with van der Waals surface area (Å²) in [5.41, 5.74) is 2.04. The second-order valence-electron chi connectivity index (χ2n) is 9.31. The van der Waals surface area contributed by atoms with E-state index < -0.39 is 0 Å². The van der Waals surface area contributed by atoms with E-state index in [-0.39, 0.29) is 28.1 Å². The molecule has 3 aromatic heterocycles. The lowest BCUT2D eigenvalue weighted by atomic mass is 9.77. The zero-order valence-corrected chi connectivity index (χ0v) is 22.0. The van der Waals surface area contributed by atoms with Gasteiger partial charge in [0.1, 0.15) is 5.15 Å². The van der Waals surface area contributed by atoms with Gasteiger partial charge in [0.2, 0.25) is 11.8 Å². The summed E-state index contributed by atoms with van der Waals surface area (Å²) in [6.45, 7) is 2.75. The minimum absolute atomic E-state index is 0.0556. The highest BCUT2D eigenvalue weighted by atomic mass is 35.5. The predicted octanol–water partition coefficient (Wildman–Crippen LogP) is 3.84. The first-order valence-electron chi connectivity index (χ1n) is 12.1. The van der Waals surface area contributed by atoms with Gasteiger partial charge in [-0.15, -0.1) is 0 Å². The lowest BCUT2D eigenvalue weighted by molar-refractivity contribution is -0.127. The van der Waals surface area contributed by atoms with E-state index in [4.69, 9.17) is 16.3 Å². The quantitative estimate of drug-likeness (QED) is 0.265. The van der Waals surface area contributed by atoms with Gasteiger partial charge in [-0.3, -0.25) is 14.6 Å². The highest BCUT2D eigenvalue weighted by molar-refractivity contribution is 7.99. The number of piperidine rings is 1. The highest BCUT2D eigenvalue weighted by Gasteiger charge is 2.42. The number of hydrogen-bond acceptors (Lipinski definition) is 8. The van der Waals surface area contributed by atoms with Gasteiger partial charge in [0, 0.05) is 50.2 Å². The number of aromatic nitrogens is 4. The molecule has 0 radical (unpaired) electrons. The number of amides is 2. The summed E-state index contributed by atoms with van der Waals surface area (Å²) in [6.07, 6.45) is 6.09. The molecule has 5 heterocycles. The van der Waals surface area contributed by atoms with Gasteiger partial charge < -0.3 is 14.5 Å². The summed E-state index contributed by atoms with van der Waals surface area (Å²) in [5.74, 6) is 0.622. The van der Waals surface area contributed by atoms with Crippen molar-refractivity contribution in [2.75, 3.05) is 39.0 Å². The number of carbonyl (C=O) groups excluding carboxylic acids is 2. The van der Waals surface area contributed by atoms with Crippen LogP contribution in [0.25, 0.3) is 11.4 Å². The molecule has 0 saturated carbocycles. The molecule has 0 bridgehead atoms. The molecule has 2 amide bonds. The van der Waals surface area contributed by atoms with Crippen LogP contribution in [0.15, 0.2) is 53.9 Å². The Balaban J connectivity index is 1.14. The van der Waals surface area contributed by atoms with Crippen molar-refractivity contribution >= 4 is 35.2 Å². The minimum Gasteiger partial charge on any atom is -0.481 e. The van der Waals surface area contributed by atoms with Crippen molar-refractivity contribution in [2.24, 2.45) is 5.41 Å². The van der Waals surface area contributed by atoms with Crippen LogP contribution in [0.3, 0.4) is 0 Å². The van der Waals surface area contributed by atoms with Crippen molar-refractivity contribution in [3.63, 3.8) is 0 Å². The van der Waals surface area contributed by atoms with Crippen molar-refractivity contribution < 1.29 is 14.3 Å². The average Bonchev–Trinajstić information content (AvgIpc) is 3.35. The van der Waals surface area contributed by atoms with Crippen molar-refractivity contribution in [2.45, 2.75) is 24.4 Å². The number of carbonyl (C=O) groups is 2. The maximum Gasteiger partial charge on any atom is 0.254 e. The Hall–Kier alpha value is -3.24. The Morgan fingerprint density at radius 2 is 1.78 bits per heavy atom. The summed E-state index contributed by atoms with van der Waals surface area (Å²) in [6, 6.07) is 10.7. The fourth-order valence-electron chi connectivity index (χ4n) is 4.91. The van der Waals surface area contributed by atoms with Crippen LogP contribution in [0.2, 0.25) is 5.15 Å². The van der Waals surface area contributed by atoms with Gasteiger partial charge in [0.05, 0.1) is 24.3 Å². The smallest absolute Gasteiger partial charge is 0.254 e. The number of likely N-dealkylation sites (tertiary alicyclic amines) is 2. The lowest BCUT2D eigenvalue weighted by Crippen LogP contribution is -2.44. The summed E-state index contributed by atoms with van der Waals surface area (Å²) in [7, 11) is 1.50. The van der Waals surface area contributed by atoms with E-state index >= 15 is 0 Å². The van der Waals surface area contributed by atoms with E-state index in [9.17, 15) is 9.59 Å². The largest absolute Gasteiger partial charge is 0.481 e. The van der Waals surface area contributed by atoms with Crippen LogP contribution in [0.1, 0.15) is 29.6 Å². The van der Waals surface area contributed by atoms with Crippen molar-refractivity contribution in [1.29, 1.82) is 0 Å². The third kappa shape index (κ3) is 5.86. The lowest BCUT2D eigenvalue weighted by Gasteiger charge is -2.39. The molecule has 2 aliphatic rings. The Kier molecular flexibility index (Phi) is 7.57. The highest BCUT2D eigenvalue weighted by Crippen LogP contribution is 2.41. The Labute approximate surface area is 224 Å². The summed E-state index contributed by atoms with van der Waals surface area (Å²) in [4.78, 5) is 47.0. The van der Waals surface area contributed by atoms with E-state index in [0.717, 1.165) is 43.7 Å². The topological polar surface area (TPSA) is 101 Å². The molecule has 5 rings (SSSR count). The molecule has 0 aliphatic carbocycles. The summed E-state index contributed by atoms with van der Waals surface area (Å²) < 4.78 is 5.14. The Bertz CT molecular complexity index is 1290. The van der Waals surface area contributed by atoms with Gasteiger partial charge in [-0.2, -0.15) is 0 Å². The molecule has 1 spiro atoms. The Morgan fingerprint density at radius 1 is 1.00 bits per heavy atom. The van der Waals surface area contributed by atoms with Crippen molar-refractivity contribution in [3.05, 3.63) is 59.5 Å². The van der Waals surface area contributed by atoms with Crippen LogP contribution in [0.5, 0.6) is 5.88 Å². The van der Waals surface area contributed by atoms with Crippen molar-refractivity contribution in [1.82, 2.24) is 29.7 Å². The van der Waals surface area contributed by atoms with Gasteiger partial charge >= 0.3 is 0 Å². The minimum atomic E-state index is -0.0762. The Morgan fingerprint density at radius 3 is 2.51 bits per heavy atom. The van der Waals surface area contributed by atoms with E-state index in [2.05, 4.69) is 19.9 Å². The maximum atomic E-state index is 13.0. The van der Waals surface area contributed by atoms with E-state index in [1.54, 1.807) is 24.5 Å². The second kappa shape index (κ2) is 11.0. The molecule has 0 N–H and O–H groups in total. The monoisotopic (exact) mass is 538 g/mol. The number of halogens is 1. The standard InChI is InChI=1S/C26H27ClN6O3S/c1-36-22-15-18(14-21(27)31-22)24(35)32-11-6-26(7-12-32)8-13-33(17-26)23(34)16-37-25-29-10-5-20(30-25)19-4-2-3-9-28-19/h2-5,9-10,14-15H,6-8,11-13,16-17H2,1H3. The number of ether oxygens (including phenoxy) is 1. The van der Waals surface area contributed by atoms with E-state index in [1.807, 2.05) is 34.1 Å². The van der Waals surface area contributed by atoms with Crippen LogP contribution in [0.4, 0.5) is 0 Å². The SMILES string of the molecule is COc1cc(C(=O)N2CCC3(CCN(C(=O)CSc4nccc(-c5ccccn5)n4)C3)CC2)cc(Cl)n1. The predicted molar refractivity (Wildman–Crippen MR) is 141 cm³/mol. The maximum absolute atomic E-state index is 13.0. The van der Waals surface area contributed by atoms with Gasteiger partial charge in [-0.1, -0.05) is 29.4 Å². The third-order valence-electron chi connectivity index (χ3n) is 7.01. The third-order valence-corrected chi connectivity index (χ3v) is 8.05. The van der Waals surface area contributed by atoms with Crippen LogP contribution in [-0.2, 0) is 4.79 Å². The molecule has 3 aromatic rings. The molecule has 192 valence electrons. The van der Waals surface area contributed by atoms with Gasteiger partial charge in [0.15, 0.2) is 5.16 Å². The molecule has 2 saturated heterocycles. The average molecular weight is 539 g/mol. The van der Waals surface area contributed by atoms with Crippen LogP contribution >= 0.6 is 23.4 Å². The summed E-state index contributed by atoms with van der Waals surface area (Å²) in [5, 5.41) is 0.790. The first-order valence-corrected chi connectivity index (χ1v) is 13.5. The fraction of sp³-hybridized carbons (Fsp3) is 0.385. The molecular formula is C26H27ClN6O3S. The number of pyridine rings is 2. The molecule has 9 nitrogen and oxygen atoms in total. The number of thioether (sulfide) groups is 1. The molecule has 0 aromatic carbocycles.